The first kappa shape index (κ1) is 23.2. The van der Waals surface area contributed by atoms with Gasteiger partial charge in [-0.1, -0.05) is 31.9 Å². The highest BCUT2D eigenvalue weighted by Crippen LogP contribution is 2.42. The monoisotopic (exact) mass is 451 g/mol. The van der Waals surface area contributed by atoms with Gasteiger partial charge in [-0.05, 0) is 68.0 Å². The van der Waals surface area contributed by atoms with Gasteiger partial charge in [-0.25, -0.2) is 0 Å². The number of ether oxygens (including phenoxy) is 1. The number of nitro groups is 1. The van der Waals surface area contributed by atoms with Crippen molar-refractivity contribution in [2.24, 2.45) is 5.92 Å². The first-order valence-electron chi connectivity index (χ1n) is 12.0. The van der Waals surface area contributed by atoms with Crippen molar-refractivity contribution in [2.75, 3.05) is 31.6 Å². The van der Waals surface area contributed by atoms with Gasteiger partial charge in [0.05, 0.1) is 10.3 Å². The van der Waals surface area contributed by atoms with Gasteiger partial charge >= 0.3 is 0 Å². The Morgan fingerprint density at radius 2 is 1.82 bits per heavy atom. The largest absolute Gasteiger partial charge is 0.492 e. The third-order valence-corrected chi connectivity index (χ3v) is 7.05. The molecule has 7 nitrogen and oxygen atoms in total. The van der Waals surface area contributed by atoms with E-state index in [4.69, 9.17) is 4.74 Å². The number of likely N-dealkylation sites (tertiary alicyclic amines) is 1. The molecular formula is C26H33N3O4. The highest BCUT2D eigenvalue weighted by atomic mass is 16.6. The smallest absolute Gasteiger partial charge is 0.269 e. The van der Waals surface area contributed by atoms with Gasteiger partial charge in [-0.3, -0.25) is 19.8 Å². The van der Waals surface area contributed by atoms with Crippen LogP contribution in [-0.2, 0) is 10.2 Å². The Labute approximate surface area is 195 Å². The van der Waals surface area contributed by atoms with Gasteiger partial charge in [0.2, 0.25) is 5.91 Å². The minimum atomic E-state index is -0.643. The standard InChI is InChI=1S/C26H33N3O4/c1-20-5-4-16-28(19-20)17-18-33-24-12-8-22(9-13-24)27-25(30)26(14-2-3-15-26)21-6-10-23(11-7-21)29(31)32/h6-13,20H,2-5,14-19H2,1H3,(H,27,30)/t20-/m0/s1. The van der Waals surface area contributed by atoms with E-state index in [1.807, 2.05) is 24.3 Å². The van der Waals surface area contributed by atoms with Crippen LogP contribution in [0.15, 0.2) is 48.5 Å². The topological polar surface area (TPSA) is 84.7 Å². The van der Waals surface area contributed by atoms with E-state index in [2.05, 4.69) is 17.1 Å². The Morgan fingerprint density at radius 1 is 1.12 bits per heavy atom. The first-order chi connectivity index (χ1) is 16.0. The molecule has 1 aliphatic carbocycles. The highest BCUT2D eigenvalue weighted by molar-refractivity contribution is 5.99. The minimum Gasteiger partial charge on any atom is -0.492 e. The van der Waals surface area contributed by atoms with Crippen LogP contribution in [0.5, 0.6) is 5.75 Å². The van der Waals surface area contributed by atoms with Gasteiger partial charge in [0.25, 0.3) is 5.69 Å². The lowest BCUT2D eigenvalue weighted by atomic mass is 9.78. The number of carbonyl (C=O) groups is 1. The van der Waals surface area contributed by atoms with Crippen LogP contribution in [0.1, 0.15) is 51.0 Å². The molecule has 1 saturated carbocycles. The third kappa shape index (κ3) is 5.53. The van der Waals surface area contributed by atoms with Crippen LogP contribution < -0.4 is 10.1 Å². The van der Waals surface area contributed by atoms with Crippen molar-refractivity contribution >= 4 is 17.3 Å². The van der Waals surface area contributed by atoms with Crippen LogP contribution in [0.3, 0.4) is 0 Å². The van der Waals surface area contributed by atoms with Crippen LogP contribution in [0.4, 0.5) is 11.4 Å². The van der Waals surface area contributed by atoms with Crippen molar-refractivity contribution in [1.29, 1.82) is 0 Å². The summed E-state index contributed by atoms with van der Waals surface area (Å²) in [6, 6.07) is 13.9. The molecule has 1 saturated heterocycles. The molecule has 0 aromatic heterocycles. The third-order valence-electron chi connectivity index (χ3n) is 7.05. The van der Waals surface area contributed by atoms with E-state index in [0.29, 0.717) is 6.61 Å². The number of nitrogens with zero attached hydrogens (tertiary/aromatic N) is 2. The summed E-state index contributed by atoms with van der Waals surface area (Å²) in [6.45, 7) is 6.18. The second-order valence-electron chi connectivity index (χ2n) is 9.47. The Kier molecular flexibility index (Phi) is 7.28. The second-order valence-corrected chi connectivity index (χ2v) is 9.47. The Bertz CT molecular complexity index is 953. The summed E-state index contributed by atoms with van der Waals surface area (Å²) >= 11 is 0. The number of nitro benzene ring substituents is 1. The van der Waals surface area contributed by atoms with Crippen molar-refractivity contribution in [2.45, 2.75) is 50.9 Å². The zero-order valence-corrected chi connectivity index (χ0v) is 19.3. The molecule has 2 aromatic rings. The zero-order chi connectivity index (χ0) is 23.3. The van der Waals surface area contributed by atoms with Crippen molar-refractivity contribution < 1.29 is 14.5 Å². The van der Waals surface area contributed by atoms with Crippen LogP contribution in [-0.4, -0.2) is 42.0 Å². The maximum atomic E-state index is 13.3. The van der Waals surface area contributed by atoms with Crippen LogP contribution in [0, 0.1) is 16.0 Å². The molecule has 1 aliphatic heterocycles. The number of carbonyl (C=O) groups excluding carboxylic acids is 1. The van der Waals surface area contributed by atoms with E-state index in [-0.39, 0.29) is 11.6 Å². The molecule has 1 N–H and O–H groups in total. The Morgan fingerprint density at radius 3 is 2.45 bits per heavy atom. The number of hydrogen-bond donors (Lipinski definition) is 1. The van der Waals surface area contributed by atoms with Crippen LogP contribution >= 0.6 is 0 Å². The zero-order valence-electron chi connectivity index (χ0n) is 19.3. The summed E-state index contributed by atoms with van der Waals surface area (Å²) in [7, 11) is 0. The number of nitrogens with one attached hydrogen (secondary N) is 1. The summed E-state index contributed by atoms with van der Waals surface area (Å²) < 4.78 is 5.91. The van der Waals surface area contributed by atoms with E-state index in [0.717, 1.165) is 68.2 Å². The molecule has 1 heterocycles. The maximum Gasteiger partial charge on any atom is 0.269 e. The normalized spacial score (nSPS) is 20.3. The average Bonchev–Trinajstić information content (AvgIpc) is 3.32. The van der Waals surface area contributed by atoms with Gasteiger partial charge in [0.1, 0.15) is 12.4 Å². The summed E-state index contributed by atoms with van der Waals surface area (Å²) in [4.78, 5) is 26.4. The molecule has 0 bridgehead atoms. The summed E-state index contributed by atoms with van der Waals surface area (Å²) in [5.74, 6) is 1.50. The molecule has 4 rings (SSSR count). The van der Waals surface area contributed by atoms with Crippen LogP contribution in [0.2, 0.25) is 0 Å². The second kappa shape index (κ2) is 10.3. The van der Waals surface area contributed by atoms with Crippen LogP contribution in [0.25, 0.3) is 0 Å². The van der Waals surface area contributed by atoms with E-state index >= 15 is 0 Å². The molecule has 176 valence electrons. The predicted molar refractivity (Wildman–Crippen MR) is 129 cm³/mol. The van der Waals surface area contributed by atoms with Gasteiger partial charge in [0, 0.05) is 30.9 Å². The quantitative estimate of drug-likeness (QED) is 0.443. The molecule has 0 radical (unpaired) electrons. The van der Waals surface area contributed by atoms with Gasteiger partial charge in [-0.2, -0.15) is 0 Å². The molecule has 0 spiro atoms. The fourth-order valence-corrected chi connectivity index (χ4v) is 5.20. The number of rotatable bonds is 8. The molecular weight excluding hydrogens is 418 g/mol. The molecule has 1 amide bonds. The predicted octanol–water partition coefficient (Wildman–Crippen LogP) is 5.16. The fraction of sp³-hybridized carbons (Fsp3) is 0.500. The van der Waals surface area contributed by atoms with E-state index in [1.54, 1.807) is 12.1 Å². The van der Waals surface area contributed by atoms with Crippen molar-refractivity contribution in [3.05, 3.63) is 64.2 Å². The lowest BCUT2D eigenvalue weighted by Gasteiger charge is -2.30. The highest BCUT2D eigenvalue weighted by Gasteiger charge is 2.42. The van der Waals surface area contributed by atoms with Crippen molar-refractivity contribution in [1.82, 2.24) is 4.90 Å². The molecule has 33 heavy (non-hydrogen) atoms. The number of anilines is 1. The number of hydrogen-bond acceptors (Lipinski definition) is 5. The van der Waals surface area contributed by atoms with Gasteiger partial charge in [-0.15, -0.1) is 0 Å². The molecule has 1 atom stereocenters. The molecule has 2 aliphatic rings. The fourth-order valence-electron chi connectivity index (χ4n) is 5.20. The summed E-state index contributed by atoms with van der Waals surface area (Å²) in [6.07, 6.45) is 5.99. The number of piperidine rings is 1. The molecule has 2 aromatic carbocycles. The molecule has 0 unspecified atom stereocenters. The van der Waals surface area contributed by atoms with Gasteiger partial charge < -0.3 is 10.1 Å². The number of benzene rings is 2. The number of non-ortho nitro benzene ring substituents is 1. The lowest BCUT2D eigenvalue weighted by molar-refractivity contribution is -0.384. The van der Waals surface area contributed by atoms with E-state index in [9.17, 15) is 14.9 Å². The van der Waals surface area contributed by atoms with Gasteiger partial charge in [0.15, 0.2) is 0 Å². The maximum absolute atomic E-state index is 13.3. The lowest BCUT2D eigenvalue weighted by Crippen LogP contribution is -2.38. The minimum absolute atomic E-state index is 0.0395. The Balaban J connectivity index is 1.35. The van der Waals surface area contributed by atoms with Crippen molar-refractivity contribution in [3.63, 3.8) is 0 Å². The average molecular weight is 452 g/mol. The first-order valence-corrected chi connectivity index (χ1v) is 12.0. The summed E-state index contributed by atoms with van der Waals surface area (Å²) in [5.41, 5.74) is 0.966. The van der Waals surface area contributed by atoms with E-state index < -0.39 is 10.3 Å². The SMILES string of the molecule is C[C@H]1CCCN(CCOc2ccc(NC(=O)C3(c4ccc([N+](=O)[O-])cc4)CCCC3)cc2)C1. The van der Waals surface area contributed by atoms with Crippen molar-refractivity contribution in [3.8, 4) is 5.75 Å². The number of amides is 1. The van der Waals surface area contributed by atoms with E-state index in [1.165, 1.54) is 25.0 Å². The molecule has 2 fully saturated rings. The summed E-state index contributed by atoms with van der Waals surface area (Å²) in [5, 5.41) is 14.1. The molecule has 7 heteroatoms. The Hall–Kier alpha value is -2.93.